The van der Waals surface area contributed by atoms with Crippen LogP contribution in [0.15, 0.2) is 10.6 Å². The molecule has 0 spiro atoms. The smallest absolute Gasteiger partial charge is 0.226 e. The van der Waals surface area contributed by atoms with Crippen LogP contribution >= 0.6 is 0 Å². The topological polar surface area (TPSA) is 115 Å². The van der Waals surface area contributed by atoms with Crippen LogP contribution < -0.4 is 11.1 Å². The summed E-state index contributed by atoms with van der Waals surface area (Å²) in [6.45, 7) is 3.35. The summed E-state index contributed by atoms with van der Waals surface area (Å²) in [5, 5.41) is 10.8. The van der Waals surface area contributed by atoms with Crippen LogP contribution in [0.1, 0.15) is 36.9 Å². The molecule has 1 saturated heterocycles. The van der Waals surface area contributed by atoms with Crippen LogP contribution in [-0.2, 0) is 11.8 Å². The number of nitrogen functional groups attached to an aromatic ring is 1. The quantitative estimate of drug-likeness (QED) is 0.839. The summed E-state index contributed by atoms with van der Waals surface area (Å²) in [5.74, 6) is 2.17. The zero-order valence-electron chi connectivity index (χ0n) is 13.3. The third-order valence-corrected chi connectivity index (χ3v) is 4.00. The van der Waals surface area contributed by atoms with Gasteiger partial charge in [0.1, 0.15) is 5.76 Å². The van der Waals surface area contributed by atoms with Crippen molar-refractivity contribution in [3.05, 3.63) is 17.7 Å². The maximum atomic E-state index is 12.0. The molecule has 1 fully saturated rings. The molecule has 1 atom stereocenters. The second-order valence-corrected chi connectivity index (χ2v) is 5.77. The van der Waals surface area contributed by atoms with Gasteiger partial charge in [-0.25, -0.2) is 4.68 Å². The van der Waals surface area contributed by atoms with Gasteiger partial charge in [-0.1, -0.05) is 5.16 Å². The predicted molar refractivity (Wildman–Crippen MR) is 83.5 cm³/mol. The molecule has 2 aromatic rings. The first-order chi connectivity index (χ1) is 11.0. The average Bonchev–Trinajstić information content (AvgIpc) is 3.19. The van der Waals surface area contributed by atoms with Crippen LogP contribution in [0.25, 0.3) is 0 Å². The van der Waals surface area contributed by atoms with Crippen molar-refractivity contribution in [1.82, 2.24) is 24.8 Å². The van der Waals surface area contributed by atoms with Gasteiger partial charge in [-0.15, -0.1) is 0 Å². The van der Waals surface area contributed by atoms with Gasteiger partial charge in [0.05, 0.1) is 6.04 Å². The highest BCUT2D eigenvalue weighted by atomic mass is 16.5. The van der Waals surface area contributed by atoms with Gasteiger partial charge in [-0.05, 0) is 26.3 Å². The molecule has 1 amide bonds. The Hall–Kier alpha value is -2.42. The van der Waals surface area contributed by atoms with Gasteiger partial charge < -0.3 is 15.6 Å². The van der Waals surface area contributed by atoms with E-state index in [9.17, 15) is 4.79 Å². The number of hydrogen-bond donors (Lipinski definition) is 2. The number of nitrogens with zero attached hydrogens (tertiary/aromatic N) is 5. The minimum absolute atomic E-state index is 0.0857. The Morgan fingerprint density at radius 3 is 3.04 bits per heavy atom. The van der Waals surface area contributed by atoms with Crippen molar-refractivity contribution in [3.8, 4) is 0 Å². The largest absolute Gasteiger partial charge is 0.368 e. The first-order valence-electron chi connectivity index (χ1n) is 7.66. The molecule has 9 nitrogen and oxygen atoms in total. The highest BCUT2D eigenvalue weighted by Crippen LogP contribution is 2.30. The molecular weight excluding hydrogens is 298 g/mol. The van der Waals surface area contributed by atoms with Gasteiger partial charge in [0.2, 0.25) is 11.9 Å². The fourth-order valence-electron chi connectivity index (χ4n) is 2.82. The summed E-state index contributed by atoms with van der Waals surface area (Å²) in [5.41, 5.74) is 5.75. The van der Waals surface area contributed by atoms with E-state index in [1.54, 1.807) is 24.7 Å². The Kier molecular flexibility index (Phi) is 4.28. The first-order valence-corrected chi connectivity index (χ1v) is 7.66. The summed E-state index contributed by atoms with van der Waals surface area (Å²) in [7, 11) is 1.78. The minimum atomic E-state index is -0.0857. The molecule has 3 heterocycles. The van der Waals surface area contributed by atoms with E-state index in [1.807, 2.05) is 0 Å². The summed E-state index contributed by atoms with van der Waals surface area (Å²) in [4.78, 5) is 18.5. The van der Waals surface area contributed by atoms with Crippen LogP contribution in [0.4, 0.5) is 11.8 Å². The van der Waals surface area contributed by atoms with Gasteiger partial charge in [0.15, 0.2) is 11.6 Å². The summed E-state index contributed by atoms with van der Waals surface area (Å²) in [6, 6.07) is 1.82. The summed E-state index contributed by atoms with van der Waals surface area (Å²) < 4.78 is 6.50. The number of carbonyl (C=O) groups is 1. The number of rotatable bonds is 5. The standard InChI is InChI=1S/C14H21N7O2/c1-9-8-11(19-23-9)16-12(22)5-7-21-6-3-4-10(21)13-17-14(15)20(2)18-13/h8,10H,3-7H2,1-2H3,(H2,15,17,18)(H,16,19,22). The minimum Gasteiger partial charge on any atom is -0.368 e. The maximum absolute atomic E-state index is 12.0. The molecule has 124 valence electrons. The number of anilines is 2. The Balaban J connectivity index is 1.55. The number of amides is 1. The van der Waals surface area contributed by atoms with Gasteiger partial charge in [-0.2, -0.15) is 10.1 Å². The maximum Gasteiger partial charge on any atom is 0.226 e. The fourth-order valence-corrected chi connectivity index (χ4v) is 2.82. The molecule has 0 bridgehead atoms. The Bertz CT molecular complexity index is 674. The third kappa shape index (κ3) is 3.50. The molecule has 1 aliphatic heterocycles. The molecule has 1 aliphatic rings. The lowest BCUT2D eigenvalue weighted by Crippen LogP contribution is -2.28. The first kappa shape index (κ1) is 15.5. The van der Waals surface area contributed by atoms with Crippen LogP contribution in [0.5, 0.6) is 0 Å². The van der Waals surface area contributed by atoms with Crippen LogP contribution in [-0.4, -0.2) is 43.8 Å². The Morgan fingerprint density at radius 1 is 1.57 bits per heavy atom. The number of nitrogens with two attached hydrogens (primary N) is 1. The zero-order valence-corrected chi connectivity index (χ0v) is 13.3. The van der Waals surface area contributed by atoms with Gasteiger partial charge in [-0.3, -0.25) is 9.69 Å². The predicted octanol–water partition coefficient (Wildman–Crippen LogP) is 0.859. The van der Waals surface area contributed by atoms with E-state index in [1.165, 1.54) is 0 Å². The van der Waals surface area contributed by atoms with E-state index in [4.69, 9.17) is 10.3 Å². The second kappa shape index (κ2) is 6.37. The number of aromatic nitrogens is 4. The molecule has 0 aliphatic carbocycles. The molecule has 3 N–H and O–H groups in total. The van der Waals surface area contributed by atoms with Crippen molar-refractivity contribution >= 4 is 17.7 Å². The van der Waals surface area contributed by atoms with E-state index >= 15 is 0 Å². The van der Waals surface area contributed by atoms with Gasteiger partial charge in [0.25, 0.3) is 0 Å². The summed E-state index contributed by atoms with van der Waals surface area (Å²) in [6.07, 6.45) is 2.42. The van der Waals surface area contributed by atoms with Gasteiger partial charge >= 0.3 is 0 Å². The molecule has 0 radical (unpaired) electrons. The SMILES string of the molecule is Cc1cc(NC(=O)CCN2CCCC2c2nc(N)n(C)n2)no1. The number of likely N-dealkylation sites (tertiary alicyclic amines) is 1. The normalized spacial score (nSPS) is 18.4. The molecule has 1 unspecified atom stereocenters. The molecule has 23 heavy (non-hydrogen) atoms. The fraction of sp³-hybridized carbons (Fsp3) is 0.571. The average molecular weight is 319 g/mol. The number of hydrogen-bond acceptors (Lipinski definition) is 7. The van der Waals surface area contributed by atoms with Crippen molar-refractivity contribution in [2.24, 2.45) is 7.05 Å². The van der Waals surface area contributed by atoms with Crippen LogP contribution in [0.2, 0.25) is 0 Å². The number of carbonyl (C=O) groups excluding carboxylic acids is 1. The molecule has 9 heteroatoms. The Morgan fingerprint density at radius 2 is 2.39 bits per heavy atom. The van der Waals surface area contributed by atoms with Crippen molar-refractivity contribution < 1.29 is 9.32 Å². The van der Waals surface area contributed by atoms with E-state index in [0.29, 0.717) is 30.5 Å². The number of nitrogens with one attached hydrogen (secondary N) is 1. The van der Waals surface area contributed by atoms with Crippen LogP contribution in [0, 0.1) is 6.92 Å². The molecule has 2 aromatic heterocycles. The van der Waals surface area contributed by atoms with Crippen molar-refractivity contribution in [2.75, 3.05) is 24.1 Å². The molecular formula is C14H21N7O2. The highest BCUT2D eigenvalue weighted by molar-refractivity contribution is 5.89. The van der Waals surface area contributed by atoms with E-state index in [2.05, 4.69) is 25.5 Å². The monoisotopic (exact) mass is 319 g/mol. The summed E-state index contributed by atoms with van der Waals surface area (Å²) >= 11 is 0. The van der Waals surface area contributed by atoms with E-state index in [0.717, 1.165) is 25.2 Å². The highest BCUT2D eigenvalue weighted by Gasteiger charge is 2.29. The van der Waals surface area contributed by atoms with E-state index in [-0.39, 0.29) is 11.9 Å². The van der Waals surface area contributed by atoms with E-state index < -0.39 is 0 Å². The second-order valence-electron chi connectivity index (χ2n) is 5.77. The lowest BCUT2D eigenvalue weighted by molar-refractivity contribution is -0.116. The lowest BCUT2D eigenvalue weighted by Gasteiger charge is -2.21. The zero-order chi connectivity index (χ0) is 16.4. The molecule has 0 aromatic carbocycles. The van der Waals surface area contributed by atoms with Crippen molar-refractivity contribution in [2.45, 2.75) is 32.2 Å². The Labute approximate surface area is 133 Å². The molecule has 0 saturated carbocycles. The van der Waals surface area contributed by atoms with Crippen molar-refractivity contribution in [1.29, 1.82) is 0 Å². The van der Waals surface area contributed by atoms with Crippen molar-refractivity contribution in [3.63, 3.8) is 0 Å². The third-order valence-electron chi connectivity index (χ3n) is 4.00. The van der Waals surface area contributed by atoms with Gasteiger partial charge in [0, 0.05) is 26.1 Å². The van der Waals surface area contributed by atoms with Crippen LogP contribution in [0.3, 0.4) is 0 Å². The lowest BCUT2D eigenvalue weighted by atomic mass is 10.2. The molecule has 3 rings (SSSR count). The number of aryl methyl sites for hydroxylation is 2.